The minimum atomic E-state index is -1.19. The Hall–Kier alpha value is -0.320. The highest BCUT2D eigenvalue weighted by Crippen LogP contribution is 2.29. The zero-order valence-corrected chi connectivity index (χ0v) is 11.0. The van der Waals surface area contributed by atoms with Gasteiger partial charge in [0, 0.05) is 13.2 Å². The van der Waals surface area contributed by atoms with E-state index in [1.165, 1.54) is 0 Å². The maximum atomic E-state index is 11.1. The molecule has 0 amide bonds. The van der Waals surface area contributed by atoms with Gasteiger partial charge in [-0.15, -0.1) is 11.6 Å². The minimum absolute atomic E-state index is 0.0725. The van der Waals surface area contributed by atoms with Gasteiger partial charge in [-0.25, -0.2) is 0 Å². The van der Waals surface area contributed by atoms with Gasteiger partial charge < -0.3 is 15.3 Å². The SMILES string of the molecule is O=C(O)C(Cl)(CCCCO)CCCCCCO. The van der Waals surface area contributed by atoms with Crippen molar-refractivity contribution in [2.75, 3.05) is 13.2 Å². The Balaban J connectivity index is 3.91. The van der Waals surface area contributed by atoms with E-state index in [-0.39, 0.29) is 13.2 Å². The molecule has 102 valence electrons. The second-order valence-electron chi connectivity index (χ2n) is 4.34. The number of aliphatic carboxylic acids is 1. The van der Waals surface area contributed by atoms with Gasteiger partial charge in [-0.05, 0) is 32.1 Å². The molecule has 0 aliphatic carbocycles. The van der Waals surface area contributed by atoms with Crippen LogP contribution < -0.4 is 0 Å². The van der Waals surface area contributed by atoms with Crippen LogP contribution in [0.4, 0.5) is 0 Å². The number of hydrogen-bond donors (Lipinski definition) is 3. The van der Waals surface area contributed by atoms with E-state index in [1.54, 1.807) is 0 Å². The lowest BCUT2D eigenvalue weighted by molar-refractivity contribution is -0.140. The Morgan fingerprint density at radius 1 is 0.882 bits per heavy atom. The molecule has 0 saturated heterocycles. The fourth-order valence-electron chi connectivity index (χ4n) is 1.73. The molecule has 0 aromatic carbocycles. The highest BCUT2D eigenvalue weighted by atomic mass is 35.5. The molecule has 0 spiro atoms. The fraction of sp³-hybridized carbons (Fsp3) is 0.917. The van der Waals surface area contributed by atoms with Crippen LogP contribution in [0.1, 0.15) is 51.4 Å². The van der Waals surface area contributed by atoms with Crippen molar-refractivity contribution in [1.82, 2.24) is 0 Å². The van der Waals surface area contributed by atoms with Gasteiger partial charge in [-0.2, -0.15) is 0 Å². The standard InChI is InChI=1S/C12H23ClO4/c13-12(11(16)17,8-4-6-10-15)7-3-1-2-5-9-14/h14-15H,1-10H2,(H,16,17). The molecule has 0 aliphatic heterocycles. The maximum Gasteiger partial charge on any atom is 0.324 e. The summed E-state index contributed by atoms with van der Waals surface area (Å²) in [6.45, 7) is 0.255. The van der Waals surface area contributed by atoms with Crippen LogP contribution in [0.3, 0.4) is 0 Å². The topological polar surface area (TPSA) is 77.8 Å². The van der Waals surface area contributed by atoms with Crippen molar-refractivity contribution in [3.63, 3.8) is 0 Å². The first kappa shape index (κ1) is 16.7. The Morgan fingerprint density at radius 3 is 1.76 bits per heavy atom. The van der Waals surface area contributed by atoms with Crippen LogP contribution in [-0.4, -0.2) is 39.4 Å². The van der Waals surface area contributed by atoms with E-state index in [0.29, 0.717) is 25.7 Å². The third-order valence-electron chi connectivity index (χ3n) is 2.85. The normalized spacial score (nSPS) is 14.5. The van der Waals surface area contributed by atoms with Crippen molar-refractivity contribution >= 4 is 17.6 Å². The second kappa shape index (κ2) is 9.68. The lowest BCUT2D eigenvalue weighted by atomic mass is 9.94. The van der Waals surface area contributed by atoms with Crippen LogP contribution in [0.15, 0.2) is 0 Å². The van der Waals surface area contributed by atoms with Gasteiger partial charge in [0.2, 0.25) is 0 Å². The Morgan fingerprint density at radius 2 is 1.29 bits per heavy atom. The summed E-state index contributed by atoms with van der Waals surface area (Å²) in [4.78, 5) is 9.91. The first-order valence-corrected chi connectivity index (χ1v) is 6.58. The molecule has 1 atom stereocenters. The number of carboxylic acid groups (broad SMARTS) is 1. The summed E-state index contributed by atoms with van der Waals surface area (Å²) in [5.41, 5.74) is 0. The molecule has 0 fully saturated rings. The molecule has 0 aromatic rings. The summed E-state index contributed by atoms with van der Waals surface area (Å²) < 4.78 is 0. The molecule has 0 bridgehead atoms. The Labute approximate surface area is 108 Å². The molecule has 0 heterocycles. The van der Waals surface area contributed by atoms with Crippen molar-refractivity contribution < 1.29 is 20.1 Å². The molecule has 4 nitrogen and oxygen atoms in total. The van der Waals surface area contributed by atoms with Crippen LogP contribution in [0.25, 0.3) is 0 Å². The predicted octanol–water partition coefficient (Wildman–Crippen LogP) is 2.15. The smallest absolute Gasteiger partial charge is 0.324 e. The van der Waals surface area contributed by atoms with Gasteiger partial charge >= 0.3 is 5.97 Å². The largest absolute Gasteiger partial charge is 0.480 e. The van der Waals surface area contributed by atoms with Gasteiger partial charge in [-0.1, -0.05) is 19.3 Å². The zero-order chi connectivity index (χ0) is 13.1. The number of unbranched alkanes of at least 4 members (excludes halogenated alkanes) is 4. The van der Waals surface area contributed by atoms with E-state index in [0.717, 1.165) is 25.7 Å². The number of carbonyl (C=O) groups is 1. The van der Waals surface area contributed by atoms with Gasteiger partial charge in [-0.3, -0.25) is 4.79 Å². The quantitative estimate of drug-likeness (QED) is 0.396. The summed E-state index contributed by atoms with van der Waals surface area (Å²) in [7, 11) is 0. The highest BCUT2D eigenvalue weighted by Gasteiger charge is 2.34. The van der Waals surface area contributed by atoms with E-state index in [2.05, 4.69) is 0 Å². The van der Waals surface area contributed by atoms with E-state index < -0.39 is 10.8 Å². The highest BCUT2D eigenvalue weighted by molar-refractivity contribution is 6.33. The van der Waals surface area contributed by atoms with E-state index in [9.17, 15) is 4.79 Å². The lowest BCUT2D eigenvalue weighted by Crippen LogP contribution is -2.32. The number of alkyl halides is 1. The molecule has 0 rings (SSSR count). The molecule has 0 aromatic heterocycles. The number of halogens is 1. The van der Waals surface area contributed by atoms with E-state index in [1.807, 2.05) is 0 Å². The lowest BCUT2D eigenvalue weighted by Gasteiger charge is -2.22. The van der Waals surface area contributed by atoms with Gasteiger partial charge in [0.05, 0.1) is 0 Å². The summed E-state index contributed by atoms with van der Waals surface area (Å²) in [6, 6.07) is 0. The molecular weight excluding hydrogens is 244 g/mol. The van der Waals surface area contributed by atoms with Gasteiger partial charge in [0.1, 0.15) is 4.87 Å². The molecule has 0 saturated carbocycles. The van der Waals surface area contributed by atoms with Crippen LogP contribution in [-0.2, 0) is 4.79 Å². The van der Waals surface area contributed by atoms with Crippen molar-refractivity contribution in [1.29, 1.82) is 0 Å². The predicted molar refractivity (Wildman–Crippen MR) is 67.3 cm³/mol. The molecule has 17 heavy (non-hydrogen) atoms. The molecule has 1 unspecified atom stereocenters. The summed E-state index contributed by atoms with van der Waals surface area (Å²) in [5.74, 6) is -0.973. The molecule has 3 N–H and O–H groups in total. The summed E-state index contributed by atoms with van der Waals surface area (Å²) in [5, 5.41) is 26.4. The minimum Gasteiger partial charge on any atom is -0.480 e. The Kier molecular flexibility index (Phi) is 9.50. The fourth-order valence-corrected chi connectivity index (χ4v) is 1.99. The van der Waals surface area contributed by atoms with Crippen LogP contribution in [0.2, 0.25) is 0 Å². The first-order chi connectivity index (χ1) is 8.06. The third-order valence-corrected chi connectivity index (χ3v) is 3.39. The van der Waals surface area contributed by atoms with Crippen molar-refractivity contribution in [3.05, 3.63) is 0 Å². The Bertz CT molecular complexity index is 211. The van der Waals surface area contributed by atoms with Gasteiger partial charge in [0.15, 0.2) is 0 Å². The molecule has 5 heteroatoms. The van der Waals surface area contributed by atoms with Crippen molar-refractivity contribution in [2.45, 2.75) is 56.2 Å². The number of aliphatic hydroxyl groups is 2. The van der Waals surface area contributed by atoms with Gasteiger partial charge in [0.25, 0.3) is 0 Å². The molecule has 0 radical (unpaired) electrons. The summed E-state index contributed by atoms with van der Waals surface area (Å²) in [6.07, 6.45) is 5.37. The number of hydrogen-bond acceptors (Lipinski definition) is 3. The second-order valence-corrected chi connectivity index (χ2v) is 5.06. The molecular formula is C12H23ClO4. The number of rotatable bonds is 11. The molecule has 0 aliphatic rings. The van der Waals surface area contributed by atoms with Crippen LogP contribution >= 0.6 is 11.6 Å². The van der Waals surface area contributed by atoms with Crippen LogP contribution in [0, 0.1) is 0 Å². The average molecular weight is 267 g/mol. The number of carboxylic acids is 1. The number of aliphatic hydroxyl groups excluding tert-OH is 2. The van der Waals surface area contributed by atoms with E-state index >= 15 is 0 Å². The van der Waals surface area contributed by atoms with Crippen LogP contribution in [0.5, 0.6) is 0 Å². The first-order valence-electron chi connectivity index (χ1n) is 6.21. The zero-order valence-electron chi connectivity index (χ0n) is 10.2. The van der Waals surface area contributed by atoms with Crippen molar-refractivity contribution in [3.8, 4) is 0 Å². The summed E-state index contributed by atoms with van der Waals surface area (Å²) >= 11 is 6.09. The third kappa shape index (κ3) is 7.58. The average Bonchev–Trinajstić information content (AvgIpc) is 2.29. The monoisotopic (exact) mass is 266 g/mol. The van der Waals surface area contributed by atoms with E-state index in [4.69, 9.17) is 26.9 Å². The maximum absolute atomic E-state index is 11.1. The van der Waals surface area contributed by atoms with Crippen molar-refractivity contribution in [2.24, 2.45) is 0 Å².